The average molecular weight is 313 g/mol. The predicted molar refractivity (Wildman–Crippen MR) is 74.6 cm³/mol. The highest BCUT2D eigenvalue weighted by molar-refractivity contribution is 9.10. The first kappa shape index (κ1) is 13.4. The quantitative estimate of drug-likeness (QED) is 0.876. The summed E-state index contributed by atoms with van der Waals surface area (Å²) in [5.74, 6) is 0.0257. The standard InChI is InChI=1S/C13H17BrN2O2/c1-8-13(18)15-5-6-16(8)12-7-10(14)3-4-11(12)9(2)17/h3-4,7-9,17H,5-6H2,1-2H3,(H,15,18). The summed E-state index contributed by atoms with van der Waals surface area (Å²) in [5, 5.41) is 12.7. The number of carbonyl (C=O) groups excluding carboxylic acids is 1. The Morgan fingerprint density at radius 2 is 2.28 bits per heavy atom. The van der Waals surface area contributed by atoms with Crippen molar-refractivity contribution >= 4 is 27.5 Å². The van der Waals surface area contributed by atoms with Crippen LogP contribution in [-0.2, 0) is 4.79 Å². The molecule has 2 atom stereocenters. The number of aliphatic hydroxyl groups is 1. The zero-order valence-corrected chi connectivity index (χ0v) is 12.1. The van der Waals surface area contributed by atoms with Crippen molar-refractivity contribution in [2.24, 2.45) is 0 Å². The van der Waals surface area contributed by atoms with Gasteiger partial charge >= 0.3 is 0 Å². The van der Waals surface area contributed by atoms with Crippen molar-refractivity contribution in [2.45, 2.75) is 26.0 Å². The molecular weight excluding hydrogens is 296 g/mol. The van der Waals surface area contributed by atoms with Crippen LogP contribution in [0.1, 0.15) is 25.5 Å². The monoisotopic (exact) mass is 312 g/mol. The summed E-state index contributed by atoms with van der Waals surface area (Å²) in [6.07, 6.45) is -0.551. The molecule has 18 heavy (non-hydrogen) atoms. The van der Waals surface area contributed by atoms with Crippen LogP contribution in [0.25, 0.3) is 0 Å². The zero-order chi connectivity index (χ0) is 13.3. The second-order valence-electron chi connectivity index (χ2n) is 4.54. The number of anilines is 1. The van der Waals surface area contributed by atoms with Gasteiger partial charge < -0.3 is 15.3 Å². The largest absolute Gasteiger partial charge is 0.389 e. The first-order valence-electron chi connectivity index (χ1n) is 6.02. The van der Waals surface area contributed by atoms with Crippen LogP contribution in [0, 0.1) is 0 Å². The van der Waals surface area contributed by atoms with E-state index in [2.05, 4.69) is 21.2 Å². The van der Waals surface area contributed by atoms with Crippen LogP contribution in [-0.4, -0.2) is 30.1 Å². The molecule has 1 heterocycles. The van der Waals surface area contributed by atoms with Gasteiger partial charge in [0.05, 0.1) is 6.10 Å². The number of amides is 1. The normalized spacial score (nSPS) is 21.7. The van der Waals surface area contributed by atoms with E-state index < -0.39 is 6.10 Å². The molecule has 5 heteroatoms. The van der Waals surface area contributed by atoms with Crippen molar-refractivity contribution in [3.8, 4) is 0 Å². The van der Waals surface area contributed by atoms with Gasteiger partial charge in [-0.15, -0.1) is 0 Å². The summed E-state index contributed by atoms with van der Waals surface area (Å²) in [6.45, 7) is 5.00. The van der Waals surface area contributed by atoms with Crippen molar-refractivity contribution in [1.29, 1.82) is 0 Å². The Kier molecular flexibility index (Phi) is 3.92. The van der Waals surface area contributed by atoms with Crippen LogP contribution in [0.2, 0.25) is 0 Å². The summed E-state index contributed by atoms with van der Waals surface area (Å²) in [5.41, 5.74) is 1.77. The van der Waals surface area contributed by atoms with E-state index in [1.165, 1.54) is 0 Å². The average Bonchev–Trinajstić information content (AvgIpc) is 2.32. The number of nitrogens with one attached hydrogen (secondary N) is 1. The van der Waals surface area contributed by atoms with Gasteiger partial charge in [0.1, 0.15) is 6.04 Å². The molecule has 2 unspecified atom stereocenters. The van der Waals surface area contributed by atoms with Crippen LogP contribution < -0.4 is 10.2 Å². The lowest BCUT2D eigenvalue weighted by atomic mass is 10.0. The number of nitrogens with zero attached hydrogens (tertiary/aromatic N) is 1. The van der Waals surface area contributed by atoms with Gasteiger partial charge in [0.2, 0.25) is 5.91 Å². The number of carbonyl (C=O) groups is 1. The molecule has 1 saturated heterocycles. The second kappa shape index (κ2) is 5.28. The SMILES string of the molecule is CC(O)c1ccc(Br)cc1N1CCNC(=O)C1C. The lowest BCUT2D eigenvalue weighted by Gasteiger charge is -2.36. The number of hydrogen-bond donors (Lipinski definition) is 2. The number of hydrogen-bond acceptors (Lipinski definition) is 3. The summed E-state index contributed by atoms with van der Waals surface area (Å²) < 4.78 is 0.945. The Bertz CT molecular complexity index is 462. The van der Waals surface area contributed by atoms with Gasteiger partial charge in [-0.3, -0.25) is 4.79 Å². The number of piperazine rings is 1. The van der Waals surface area contributed by atoms with E-state index >= 15 is 0 Å². The van der Waals surface area contributed by atoms with Gasteiger partial charge in [0.25, 0.3) is 0 Å². The second-order valence-corrected chi connectivity index (χ2v) is 5.46. The van der Waals surface area contributed by atoms with Crippen LogP contribution in [0.5, 0.6) is 0 Å². The first-order valence-corrected chi connectivity index (χ1v) is 6.82. The topological polar surface area (TPSA) is 52.6 Å². The van der Waals surface area contributed by atoms with E-state index in [1.807, 2.05) is 30.0 Å². The van der Waals surface area contributed by atoms with E-state index in [-0.39, 0.29) is 11.9 Å². The van der Waals surface area contributed by atoms with Crippen molar-refractivity contribution in [3.05, 3.63) is 28.2 Å². The molecule has 2 rings (SSSR count). The Labute approximate surface area is 115 Å². The highest BCUT2D eigenvalue weighted by Crippen LogP contribution is 2.31. The van der Waals surface area contributed by atoms with Gasteiger partial charge in [0, 0.05) is 28.8 Å². The molecule has 0 saturated carbocycles. The first-order chi connectivity index (χ1) is 8.50. The maximum atomic E-state index is 11.7. The molecular formula is C13H17BrN2O2. The van der Waals surface area contributed by atoms with E-state index in [9.17, 15) is 9.90 Å². The molecule has 0 aliphatic carbocycles. The fourth-order valence-corrected chi connectivity index (χ4v) is 2.58. The van der Waals surface area contributed by atoms with Crippen LogP contribution in [0.3, 0.4) is 0 Å². The molecule has 2 N–H and O–H groups in total. The Balaban J connectivity index is 2.42. The molecule has 0 radical (unpaired) electrons. The van der Waals surface area contributed by atoms with Gasteiger partial charge in [-0.05, 0) is 26.0 Å². The van der Waals surface area contributed by atoms with Crippen LogP contribution >= 0.6 is 15.9 Å². The maximum absolute atomic E-state index is 11.7. The fraction of sp³-hybridized carbons (Fsp3) is 0.462. The molecule has 1 aliphatic rings. The van der Waals surface area contributed by atoms with E-state index in [0.717, 1.165) is 22.3 Å². The number of benzene rings is 1. The van der Waals surface area contributed by atoms with E-state index in [0.29, 0.717) is 6.54 Å². The molecule has 1 aromatic carbocycles. The minimum Gasteiger partial charge on any atom is -0.389 e. The third-order valence-corrected chi connectivity index (χ3v) is 3.74. The van der Waals surface area contributed by atoms with Crippen LogP contribution in [0.4, 0.5) is 5.69 Å². The van der Waals surface area contributed by atoms with Gasteiger partial charge in [-0.2, -0.15) is 0 Å². The molecule has 1 amide bonds. The Hall–Kier alpha value is -1.07. The smallest absolute Gasteiger partial charge is 0.242 e. The highest BCUT2D eigenvalue weighted by atomic mass is 79.9. The summed E-state index contributed by atoms with van der Waals surface area (Å²) >= 11 is 3.44. The number of rotatable bonds is 2. The maximum Gasteiger partial charge on any atom is 0.242 e. The van der Waals surface area contributed by atoms with E-state index in [1.54, 1.807) is 6.92 Å². The van der Waals surface area contributed by atoms with Crippen molar-refractivity contribution in [2.75, 3.05) is 18.0 Å². The minimum absolute atomic E-state index is 0.0257. The molecule has 0 bridgehead atoms. The third-order valence-electron chi connectivity index (χ3n) is 3.25. The summed E-state index contributed by atoms with van der Waals surface area (Å²) in [4.78, 5) is 13.8. The molecule has 0 aromatic heterocycles. The lowest BCUT2D eigenvalue weighted by Crippen LogP contribution is -2.54. The number of aliphatic hydroxyl groups excluding tert-OH is 1. The minimum atomic E-state index is -0.551. The Morgan fingerprint density at radius 1 is 1.56 bits per heavy atom. The summed E-state index contributed by atoms with van der Waals surface area (Å²) in [6, 6.07) is 5.53. The molecule has 1 aromatic rings. The number of halogens is 1. The fourth-order valence-electron chi connectivity index (χ4n) is 2.23. The molecule has 98 valence electrons. The highest BCUT2D eigenvalue weighted by Gasteiger charge is 2.27. The molecule has 0 spiro atoms. The molecule has 1 fully saturated rings. The van der Waals surface area contributed by atoms with Gasteiger partial charge in [0.15, 0.2) is 0 Å². The van der Waals surface area contributed by atoms with Crippen LogP contribution in [0.15, 0.2) is 22.7 Å². The molecule has 1 aliphatic heterocycles. The van der Waals surface area contributed by atoms with E-state index in [4.69, 9.17) is 0 Å². The molecule has 4 nitrogen and oxygen atoms in total. The Morgan fingerprint density at radius 3 is 2.94 bits per heavy atom. The van der Waals surface area contributed by atoms with Crippen molar-refractivity contribution in [3.63, 3.8) is 0 Å². The van der Waals surface area contributed by atoms with Crippen molar-refractivity contribution in [1.82, 2.24) is 5.32 Å². The third kappa shape index (κ3) is 2.52. The summed E-state index contributed by atoms with van der Waals surface area (Å²) in [7, 11) is 0. The predicted octanol–water partition coefficient (Wildman–Crippen LogP) is 1.83. The van der Waals surface area contributed by atoms with Crippen molar-refractivity contribution < 1.29 is 9.90 Å². The zero-order valence-electron chi connectivity index (χ0n) is 10.5. The van der Waals surface area contributed by atoms with Gasteiger partial charge in [-0.1, -0.05) is 22.0 Å². The lowest BCUT2D eigenvalue weighted by molar-refractivity contribution is -0.122. The van der Waals surface area contributed by atoms with Gasteiger partial charge in [-0.25, -0.2) is 0 Å².